The number of carbonyl (C=O) groups is 1. The van der Waals surface area contributed by atoms with E-state index in [9.17, 15) is 31.1 Å². The first-order valence-electron chi connectivity index (χ1n) is 5.23. The van der Waals surface area contributed by atoms with Gasteiger partial charge in [0.1, 0.15) is 6.54 Å². The van der Waals surface area contributed by atoms with E-state index in [1.54, 1.807) is 0 Å². The highest BCUT2D eigenvalue weighted by Gasteiger charge is 2.34. The van der Waals surface area contributed by atoms with Crippen molar-refractivity contribution >= 4 is 17.5 Å². The Bertz CT molecular complexity index is 504. The van der Waals surface area contributed by atoms with E-state index in [2.05, 4.69) is 0 Å². The van der Waals surface area contributed by atoms with E-state index in [-0.39, 0.29) is 10.8 Å². The molecule has 2 nitrogen and oxygen atoms in total. The molecular weight excluding hydrogens is 312 g/mol. The molecule has 0 aliphatic heterocycles. The Balaban J connectivity index is 3.10. The lowest BCUT2D eigenvalue weighted by molar-refractivity contribution is -0.140. The lowest BCUT2D eigenvalue weighted by Gasteiger charge is -2.23. The zero-order valence-electron chi connectivity index (χ0n) is 9.78. The summed E-state index contributed by atoms with van der Waals surface area (Å²) in [4.78, 5) is 11.9. The second-order valence-electron chi connectivity index (χ2n) is 3.75. The number of carbonyl (C=O) groups excluding carboxylic acids is 1. The number of alkyl halides is 4. The van der Waals surface area contributed by atoms with Gasteiger partial charge < -0.3 is 4.90 Å². The summed E-state index contributed by atoms with van der Waals surface area (Å²) in [6.07, 6.45) is -4.73. The molecule has 1 aromatic rings. The van der Waals surface area contributed by atoms with Crippen molar-refractivity contribution in [2.45, 2.75) is 6.18 Å². The Kier molecular flexibility index (Phi) is 5.27. The van der Waals surface area contributed by atoms with Crippen LogP contribution in [0.2, 0.25) is 0 Å². The van der Waals surface area contributed by atoms with Gasteiger partial charge in [0.25, 0.3) is 5.91 Å². The van der Waals surface area contributed by atoms with Crippen LogP contribution in [0.5, 0.6) is 0 Å². The molecule has 9 heteroatoms. The highest BCUT2D eigenvalue weighted by molar-refractivity contribution is 6.18. The van der Waals surface area contributed by atoms with Gasteiger partial charge in [-0.1, -0.05) is 0 Å². The van der Waals surface area contributed by atoms with Crippen molar-refractivity contribution in [2.24, 2.45) is 0 Å². The zero-order valence-corrected chi connectivity index (χ0v) is 10.5. The van der Waals surface area contributed by atoms with Gasteiger partial charge in [0.2, 0.25) is 0 Å². The Labute approximate surface area is 114 Å². The minimum Gasteiger partial charge on any atom is -0.328 e. The van der Waals surface area contributed by atoms with E-state index >= 15 is 0 Å². The van der Waals surface area contributed by atoms with E-state index in [1.807, 2.05) is 0 Å². The molecule has 0 aliphatic rings. The molecule has 1 rings (SSSR count). The summed E-state index contributed by atoms with van der Waals surface area (Å²) in [7, 11) is 0. The van der Waals surface area contributed by atoms with Gasteiger partial charge in [0.15, 0.2) is 17.5 Å². The van der Waals surface area contributed by atoms with Crippen molar-refractivity contribution < 1.29 is 31.1 Å². The number of nitrogens with zero attached hydrogens (tertiary/aromatic N) is 1. The topological polar surface area (TPSA) is 20.3 Å². The van der Waals surface area contributed by atoms with Crippen LogP contribution < -0.4 is 0 Å². The normalized spacial score (nSPS) is 11.6. The van der Waals surface area contributed by atoms with Crippen LogP contribution in [0.15, 0.2) is 12.1 Å². The van der Waals surface area contributed by atoms with Crippen molar-refractivity contribution in [3.05, 3.63) is 35.1 Å². The van der Waals surface area contributed by atoms with E-state index < -0.39 is 48.2 Å². The van der Waals surface area contributed by atoms with Crippen LogP contribution >= 0.6 is 11.6 Å². The summed E-state index contributed by atoms with van der Waals surface area (Å²) < 4.78 is 75.9. The summed E-state index contributed by atoms with van der Waals surface area (Å²) in [6.45, 7) is -2.19. The molecule has 0 aromatic heterocycles. The quantitative estimate of drug-likeness (QED) is 0.473. The number of hydrogen-bond donors (Lipinski definition) is 0. The molecule has 0 bridgehead atoms. The molecular formula is C11H8ClF6NO. The van der Waals surface area contributed by atoms with Crippen LogP contribution in [0.25, 0.3) is 0 Å². The van der Waals surface area contributed by atoms with Crippen LogP contribution in [0.1, 0.15) is 10.4 Å². The van der Waals surface area contributed by atoms with Crippen molar-refractivity contribution in [2.75, 3.05) is 19.0 Å². The molecule has 0 atom stereocenters. The molecule has 0 fully saturated rings. The summed E-state index contributed by atoms with van der Waals surface area (Å²) in [5, 5.41) is 0. The molecule has 0 unspecified atom stereocenters. The monoisotopic (exact) mass is 319 g/mol. The number of halogens is 7. The standard InChI is InChI=1S/C11H8ClF6NO/c12-3-4-19(5-11(16,17)18)10(20)6-1-2-7(13)9(15)8(6)14/h1-2H,3-5H2. The van der Waals surface area contributed by atoms with E-state index in [1.165, 1.54) is 0 Å². The van der Waals surface area contributed by atoms with Crippen LogP contribution in [0, 0.1) is 17.5 Å². The first-order chi connectivity index (χ1) is 9.17. The van der Waals surface area contributed by atoms with Crippen molar-refractivity contribution in [3.8, 4) is 0 Å². The number of amides is 1. The number of hydrogen-bond acceptors (Lipinski definition) is 1. The number of rotatable bonds is 4. The fraction of sp³-hybridized carbons (Fsp3) is 0.364. The van der Waals surface area contributed by atoms with Gasteiger partial charge in [-0.2, -0.15) is 13.2 Å². The molecule has 1 aromatic carbocycles. The zero-order chi connectivity index (χ0) is 15.5. The van der Waals surface area contributed by atoms with Crippen LogP contribution in [0.3, 0.4) is 0 Å². The van der Waals surface area contributed by atoms with Crippen molar-refractivity contribution in [3.63, 3.8) is 0 Å². The summed E-state index contributed by atoms with van der Waals surface area (Å²) >= 11 is 5.26. The molecule has 112 valence electrons. The van der Waals surface area contributed by atoms with Gasteiger partial charge >= 0.3 is 6.18 Å². The first-order valence-corrected chi connectivity index (χ1v) is 5.76. The van der Waals surface area contributed by atoms with E-state index in [0.29, 0.717) is 12.1 Å². The van der Waals surface area contributed by atoms with Crippen molar-refractivity contribution in [1.29, 1.82) is 0 Å². The fourth-order valence-electron chi connectivity index (χ4n) is 1.43. The lowest BCUT2D eigenvalue weighted by atomic mass is 10.1. The fourth-order valence-corrected chi connectivity index (χ4v) is 1.64. The average Bonchev–Trinajstić information content (AvgIpc) is 2.33. The molecule has 0 N–H and O–H groups in total. The Morgan fingerprint density at radius 2 is 1.75 bits per heavy atom. The molecule has 0 heterocycles. The smallest absolute Gasteiger partial charge is 0.328 e. The number of benzene rings is 1. The maximum atomic E-state index is 13.4. The summed E-state index contributed by atoms with van der Waals surface area (Å²) in [5.41, 5.74) is -0.988. The molecule has 0 aliphatic carbocycles. The van der Waals surface area contributed by atoms with Gasteiger partial charge in [0.05, 0.1) is 5.56 Å². The molecule has 0 spiro atoms. The van der Waals surface area contributed by atoms with Crippen LogP contribution in [-0.4, -0.2) is 36.0 Å². The molecule has 20 heavy (non-hydrogen) atoms. The minimum atomic E-state index is -4.73. The maximum absolute atomic E-state index is 13.4. The molecule has 1 amide bonds. The molecule has 0 saturated heterocycles. The predicted molar refractivity (Wildman–Crippen MR) is 59.0 cm³/mol. The third-order valence-electron chi connectivity index (χ3n) is 2.28. The highest BCUT2D eigenvalue weighted by atomic mass is 35.5. The first kappa shape index (κ1) is 16.6. The second-order valence-corrected chi connectivity index (χ2v) is 4.13. The Morgan fingerprint density at radius 3 is 2.25 bits per heavy atom. The second kappa shape index (κ2) is 6.34. The predicted octanol–water partition coefficient (Wildman–Crippen LogP) is 3.35. The van der Waals surface area contributed by atoms with Gasteiger partial charge in [-0.25, -0.2) is 13.2 Å². The summed E-state index contributed by atoms with van der Waals surface area (Å²) in [6, 6.07) is 1.03. The van der Waals surface area contributed by atoms with Gasteiger partial charge in [0, 0.05) is 12.4 Å². The van der Waals surface area contributed by atoms with Crippen molar-refractivity contribution in [1.82, 2.24) is 4.90 Å². The highest BCUT2D eigenvalue weighted by Crippen LogP contribution is 2.21. The third kappa shape index (κ3) is 4.03. The lowest BCUT2D eigenvalue weighted by Crippen LogP contribution is -2.40. The average molecular weight is 320 g/mol. The Hall–Kier alpha value is -1.44. The third-order valence-corrected chi connectivity index (χ3v) is 2.45. The van der Waals surface area contributed by atoms with Gasteiger partial charge in [-0.15, -0.1) is 11.6 Å². The maximum Gasteiger partial charge on any atom is 0.406 e. The van der Waals surface area contributed by atoms with E-state index in [0.717, 1.165) is 0 Å². The SMILES string of the molecule is O=C(c1ccc(F)c(F)c1F)N(CCCl)CC(F)(F)F. The Morgan fingerprint density at radius 1 is 1.15 bits per heavy atom. The van der Waals surface area contributed by atoms with Crippen LogP contribution in [-0.2, 0) is 0 Å². The van der Waals surface area contributed by atoms with Gasteiger partial charge in [-0.3, -0.25) is 4.79 Å². The molecule has 0 saturated carbocycles. The largest absolute Gasteiger partial charge is 0.406 e. The minimum absolute atomic E-state index is 0.211. The van der Waals surface area contributed by atoms with Gasteiger partial charge in [-0.05, 0) is 12.1 Å². The summed E-state index contributed by atoms with van der Waals surface area (Å²) in [5.74, 6) is -7.05. The van der Waals surface area contributed by atoms with Crippen LogP contribution in [0.4, 0.5) is 26.3 Å². The van der Waals surface area contributed by atoms with E-state index in [4.69, 9.17) is 11.6 Å². The molecule has 0 radical (unpaired) electrons.